The van der Waals surface area contributed by atoms with Crippen molar-refractivity contribution in [2.24, 2.45) is 0 Å². The average molecular weight is 293 g/mol. The highest BCUT2D eigenvalue weighted by atomic mass is 19.1. The van der Waals surface area contributed by atoms with Crippen LogP contribution in [0.1, 0.15) is 26.7 Å². The van der Waals surface area contributed by atoms with E-state index in [0.717, 1.165) is 12.8 Å². The third kappa shape index (κ3) is 4.22. The van der Waals surface area contributed by atoms with Gasteiger partial charge in [0, 0.05) is 18.8 Å². The van der Waals surface area contributed by atoms with Crippen molar-refractivity contribution in [1.82, 2.24) is 20.2 Å². The highest BCUT2D eigenvalue weighted by molar-refractivity contribution is 5.61. The Morgan fingerprint density at radius 1 is 1.33 bits per heavy atom. The summed E-state index contributed by atoms with van der Waals surface area (Å²) >= 11 is 0. The first-order valence-corrected chi connectivity index (χ1v) is 7.01. The number of hydrogen-bond acceptors (Lipinski definition) is 5. The monoisotopic (exact) mass is 293 g/mol. The van der Waals surface area contributed by atoms with E-state index < -0.39 is 0 Å². The van der Waals surface area contributed by atoms with Crippen LogP contribution < -0.4 is 5.73 Å². The number of benzene rings is 1. The van der Waals surface area contributed by atoms with E-state index in [1.165, 1.54) is 12.1 Å². The number of nitrogens with two attached hydrogens (primary N) is 1. The molecule has 1 aromatic heterocycles. The molecule has 1 heterocycles. The van der Waals surface area contributed by atoms with Gasteiger partial charge in [0.15, 0.2) is 5.82 Å². The molecule has 2 N–H and O–H groups in total. The Labute approximate surface area is 123 Å². The topological polar surface area (TPSA) is 78.8 Å². The number of rotatable bonds is 7. The van der Waals surface area contributed by atoms with Crippen LogP contribution in [0.2, 0.25) is 0 Å². The van der Waals surface area contributed by atoms with Gasteiger partial charge in [-0.1, -0.05) is 0 Å². The van der Waals surface area contributed by atoms with Gasteiger partial charge in [-0.3, -0.25) is 0 Å². The van der Waals surface area contributed by atoms with E-state index in [1.807, 2.05) is 13.8 Å². The summed E-state index contributed by atoms with van der Waals surface area (Å²) in [5.74, 6) is 0.00738. The predicted octanol–water partition coefficient (Wildman–Crippen LogP) is 2.27. The minimum atomic E-state index is -0.386. The van der Waals surface area contributed by atoms with Gasteiger partial charge in [0.25, 0.3) is 0 Å². The van der Waals surface area contributed by atoms with Crippen LogP contribution in [0.25, 0.3) is 11.4 Å². The molecule has 21 heavy (non-hydrogen) atoms. The molecule has 114 valence electrons. The maximum atomic E-state index is 13.9. The first kappa shape index (κ1) is 15.4. The van der Waals surface area contributed by atoms with Crippen LogP contribution in [0, 0.1) is 5.82 Å². The summed E-state index contributed by atoms with van der Waals surface area (Å²) in [6.45, 7) is 5.31. The van der Waals surface area contributed by atoms with Crippen molar-refractivity contribution < 1.29 is 9.13 Å². The Morgan fingerprint density at radius 3 is 2.90 bits per heavy atom. The Hall–Kier alpha value is -2.02. The van der Waals surface area contributed by atoms with Crippen molar-refractivity contribution in [2.45, 2.75) is 39.3 Å². The Bertz CT molecular complexity index is 584. The van der Waals surface area contributed by atoms with E-state index in [2.05, 4.69) is 15.5 Å². The maximum Gasteiger partial charge on any atom is 0.185 e. The van der Waals surface area contributed by atoms with Crippen LogP contribution in [-0.2, 0) is 11.3 Å². The van der Waals surface area contributed by atoms with Crippen LogP contribution >= 0.6 is 0 Å². The van der Waals surface area contributed by atoms with Crippen LogP contribution in [0.3, 0.4) is 0 Å². The summed E-state index contributed by atoms with van der Waals surface area (Å²) in [6.07, 6.45) is 1.99. The number of nitrogens with zero attached hydrogens (tertiary/aromatic N) is 4. The van der Waals surface area contributed by atoms with Crippen molar-refractivity contribution in [2.75, 3.05) is 12.3 Å². The van der Waals surface area contributed by atoms with Gasteiger partial charge < -0.3 is 10.5 Å². The zero-order valence-corrected chi connectivity index (χ0v) is 12.3. The molecular weight excluding hydrogens is 273 g/mol. The third-order valence-electron chi connectivity index (χ3n) is 2.98. The highest BCUT2D eigenvalue weighted by Crippen LogP contribution is 2.22. The van der Waals surface area contributed by atoms with Crippen LogP contribution in [-0.4, -0.2) is 32.9 Å². The molecule has 2 aromatic rings. The Morgan fingerprint density at radius 2 is 2.14 bits per heavy atom. The van der Waals surface area contributed by atoms with Crippen molar-refractivity contribution in [1.29, 1.82) is 0 Å². The van der Waals surface area contributed by atoms with Gasteiger partial charge in [0.05, 0.1) is 11.7 Å². The van der Waals surface area contributed by atoms with E-state index in [9.17, 15) is 4.39 Å². The third-order valence-corrected chi connectivity index (χ3v) is 2.98. The number of aryl methyl sites for hydroxylation is 1. The summed E-state index contributed by atoms with van der Waals surface area (Å²) in [6, 6.07) is 4.37. The minimum absolute atomic E-state index is 0.231. The minimum Gasteiger partial charge on any atom is -0.399 e. The summed E-state index contributed by atoms with van der Waals surface area (Å²) in [5, 5.41) is 11.4. The van der Waals surface area contributed by atoms with Crippen LogP contribution in [0.15, 0.2) is 18.2 Å². The molecule has 0 bridgehead atoms. The standard InChI is InChI=1S/C14H20FN5O/c1-10(2)21-8-4-3-7-20-14(17-18-19-20)12-9-11(16)5-6-13(12)15/h5-6,9-10H,3-4,7-8,16H2,1-2H3. The molecule has 0 radical (unpaired) electrons. The van der Waals surface area contributed by atoms with Gasteiger partial charge in [-0.25, -0.2) is 9.07 Å². The van der Waals surface area contributed by atoms with E-state index in [-0.39, 0.29) is 11.9 Å². The Balaban J connectivity index is 2.00. The second-order valence-corrected chi connectivity index (χ2v) is 5.09. The number of ether oxygens (including phenoxy) is 1. The fraction of sp³-hybridized carbons (Fsp3) is 0.500. The molecule has 0 unspecified atom stereocenters. The molecule has 0 saturated heterocycles. The number of anilines is 1. The van der Waals surface area contributed by atoms with Gasteiger partial charge in [0.1, 0.15) is 5.82 Å². The van der Waals surface area contributed by atoms with Gasteiger partial charge >= 0.3 is 0 Å². The quantitative estimate of drug-likeness (QED) is 0.626. The first-order valence-electron chi connectivity index (χ1n) is 7.01. The van der Waals surface area contributed by atoms with Crippen molar-refractivity contribution in [3.63, 3.8) is 0 Å². The van der Waals surface area contributed by atoms with E-state index in [0.29, 0.717) is 30.2 Å². The van der Waals surface area contributed by atoms with Crippen molar-refractivity contribution in [3.05, 3.63) is 24.0 Å². The molecule has 0 aliphatic rings. The predicted molar refractivity (Wildman–Crippen MR) is 77.9 cm³/mol. The number of nitrogen functional groups attached to an aromatic ring is 1. The molecule has 0 aliphatic carbocycles. The fourth-order valence-electron chi connectivity index (χ4n) is 1.95. The fourth-order valence-corrected chi connectivity index (χ4v) is 1.95. The number of unbranched alkanes of at least 4 members (excludes halogenated alkanes) is 1. The molecule has 2 rings (SSSR count). The Kier molecular flexibility index (Phi) is 5.21. The van der Waals surface area contributed by atoms with Gasteiger partial charge in [-0.2, -0.15) is 0 Å². The summed E-state index contributed by atoms with van der Waals surface area (Å²) in [7, 11) is 0. The zero-order chi connectivity index (χ0) is 15.2. The van der Waals surface area contributed by atoms with Crippen molar-refractivity contribution >= 4 is 5.69 Å². The lowest BCUT2D eigenvalue weighted by atomic mass is 10.1. The summed E-state index contributed by atoms with van der Waals surface area (Å²) in [5.41, 5.74) is 6.49. The number of tetrazole rings is 1. The molecule has 0 aliphatic heterocycles. The highest BCUT2D eigenvalue weighted by Gasteiger charge is 2.13. The van der Waals surface area contributed by atoms with E-state index >= 15 is 0 Å². The smallest absolute Gasteiger partial charge is 0.185 e. The molecule has 0 saturated carbocycles. The molecule has 6 nitrogen and oxygen atoms in total. The molecule has 0 fully saturated rings. The van der Waals surface area contributed by atoms with Crippen LogP contribution in [0.5, 0.6) is 0 Å². The lowest BCUT2D eigenvalue weighted by molar-refractivity contribution is 0.0753. The molecule has 0 atom stereocenters. The number of aromatic nitrogens is 4. The largest absolute Gasteiger partial charge is 0.399 e. The van der Waals surface area contributed by atoms with E-state index in [4.69, 9.17) is 10.5 Å². The van der Waals surface area contributed by atoms with E-state index in [1.54, 1.807) is 10.7 Å². The normalized spacial score (nSPS) is 11.2. The van der Waals surface area contributed by atoms with Crippen LogP contribution in [0.4, 0.5) is 10.1 Å². The zero-order valence-electron chi connectivity index (χ0n) is 12.3. The maximum absolute atomic E-state index is 13.9. The van der Waals surface area contributed by atoms with Gasteiger partial charge in [-0.15, -0.1) is 5.10 Å². The van der Waals surface area contributed by atoms with Crippen molar-refractivity contribution in [3.8, 4) is 11.4 Å². The SMILES string of the molecule is CC(C)OCCCCn1nnnc1-c1cc(N)ccc1F. The second kappa shape index (κ2) is 7.12. The lowest BCUT2D eigenvalue weighted by Gasteiger charge is -2.08. The summed E-state index contributed by atoms with van der Waals surface area (Å²) < 4.78 is 20.9. The van der Waals surface area contributed by atoms with Gasteiger partial charge in [-0.05, 0) is 55.3 Å². The molecular formula is C14H20FN5O. The number of halogens is 1. The lowest BCUT2D eigenvalue weighted by Crippen LogP contribution is -2.07. The molecule has 7 heteroatoms. The molecule has 0 spiro atoms. The second-order valence-electron chi connectivity index (χ2n) is 5.09. The summed E-state index contributed by atoms with van der Waals surface area (Å²) in [4.78, 5) is 0. The average Bonchev–Trinajstić information content (AvgIpc) is 2.89. The number of hydrogen-bond donors (Lipinski definition) is 1. The van der Waals surface area contributed by atoms with Gasteiger partial charge in [0.2, 0.25) is 0 Å². The first-order chi connectivity index (χ1) is 10.1. The molecule has 1 aromatic carbocycles. The molecule has 0 amide bonds.